The molecule has 3 rings (SSSR count). The van der Waals surface area contributed by atoms with Crippen LogP contribution in [0.25, 0.3) is 0 Å². The van der Waals surface area contributed by atoms with Crippen molar-refractivity contribution in [3.8, 4) is 0 Å². The number of piperidine rings is 1. The highest BCUT2D eigenvalue weighted by atomic mass is 79.9. The molecular formula is C22H23BrFNO3. The van der Waals surface area contributed by atoms with E-state index in [1.807, 2.05) is 0 Å². The van der Waals surface area contributed by atoms with Crippen LogP contribution in [0.2, 0.25) is 0 Å². The number of hydrogen-bond acceptors (Lipinski definition) is 4. The fraction of sp³-hybridized carbons (Fsp3) is 0.364. The lowest BCUT2D eigenvalue weighted by molar-refractivity contribution is -0.00648. The van der Waals surface area contributed by atoms with E-state index in [9.17, 15) is 19.1 Å². The minimum Gasteiger partial charge on any atom is -0.382 e. The quantitative estimate of drug-likeness (QED) is 0.644. The van der Waals surface area contributed by atoms with Crippen LogP contribution in [0.15, 0.2) is 53.0 Å². The number of carbonyl (C=O) groups is 2. The fourth-order valence-electron chi connectivity index (χ4n) is 3.49. The van der Waals surface area contributed by atoms with Crippen molar-refractivity contribution < 1.29 is 19.1 Å². The van der Waals surface area contributed by atoms with Crippen LogP contribution in [0.1, 0.15) is 46.4 Å². The molecule has 0 unspecified atom stereocenters. The minimum absolute atomic E-state index is 0.000990. The molecule has 0 aromatic heterocycles. The average Bonchev–Trinajstić information content (AvgIpc) is 2.70. The first-order chi connectivity index (χ1) is 13.4. The van der Waals surface area contributed by atoms with Gasteiger partial charge in [-0.05, 0) is 62.2 Å². The average molecular weight is 448 g/mol. The highest BCUT2D eigenvalue weighted by Crippen LogP contribution is 2.27. The largest absolute Gasteiger partial charge is 0.382 e. The van der Waals surface area contributed by atoms with Crippen LogP contribution in [0.3, 0.4) is 0 Å². The topological polar surface area (TPSA) is 57.6 Å². The molecular weight excluding hydrogens is 425 g/mol. The third-order valence-electron chi connectivity index (χ3n) is 5.26. The number of likely N-dealkylation sites (tertiary alicyclic amines) is 1. The zero-order valence-corrected chi connectivity index (χ0v) is 17.1. The molecule has 0 radical (unpaired) electrons. The first-order valence-electron chi connectivity index (χ1n) is 9.41. The summed E-state index contributed by atoms with van der Waals surface area (Å²) in [4.78, 5) is 27.0. The monoisotopic (exact) mass is 447 g/mol. The second-order valence-corrected chi connectivity index (χ2v) is 8.16. The molecule has 1 aliphatic rings. The highest BCUT2D eigenvalue weighted by molar-refractivity contribution is 9.10. The standard InChI is InChI=1S/C22H23BrFNO3/c23-18-7-3-17(4-8-18)21(27)22(28)11-14-25(15-12-22)13-1-2-20(26)16-5-9-19(24)10-6-16/h3-10,28H,1-2,11-15H2. The summed E-state index contributed by atoms with van der Waals surface area (Å²) in [5.74, 6) is -0.583. The Labute approximate surface area is 172 Å². The molecule has 6 heteroatoms. The Kier molecular flexibility index (Phi) is 6.75. The highest BCUT2D eigenvalue weighted by Gasteiger charge is 2.39. The molecule has 148 valence electrons. The van der Waals surface area contributed by atoms with Gasteiger partial charge < -0.3 is 10.0 Å². The Morgan fingerprint density at radius 1 is 1.00 bits per heavy atom. The molecule has 1 aliphatic heterocycles. The maximum atomic E-state index is 12.9. The van der Waals surface area contributed by atoms with E-state index < -0.39 is 5.60 Å². The van der Waals surface area contributed by atoms with Crippen LogP contribution in [0.5, 0.6) is 0 Å². The third kappa shape index (κ3) is 5.13. The van der Waals surface area contributed by atoms with Crippen molar-refractivity contribution in [1.29, 1.82) is 0 Å². The second kappa shape index (κ2) is 9.07. The number of hydrogen-bond donors (Lipinski definition) is 1. The number of carbonyl (C=O) groups excluding carboxylic acids is 2. The molecule has 0 aliphatic carbocycles. The van der Waals surface area contributed by atoms with Gasteiger partial charge in [0, 0.05) is 35.1 Å². The zero-order chi connectivity index (χ0) is 20.1. The van der Waals surface area contributed by atoms with Crippen molar-refractivity contribution in [2.24, 2.45) is 0 Å². The van der Waals surface area contributed by atoms with Crippen molar-refractivity contribution in [2.75, 3.05) is 19.6 Å². The molecule has 0 saturated carbocycles. The fourth-order valence-corrected chi connectivity index (χ4v) is 3.75. The van der Waals surface area contributed by atoms with Gasteiger partial charge in [0.05, 0.1) is 0 Å². The third-order valence-corrected chi connectivity index (χ3v) is 5.79. The molecule has 4 nitrogen and oxygen atoms in total. The molecule has 28 heavy (non-hydrogen) atoms. The van der Waals surface area contributed by atoms with Crippen molar-refractivity contribution in [3.05, 3.63) is 69.9 Å². The maximum absolute atomic E-state index is 12.9. The van der Waals surface area contributed by atoms with Crippen molar-refractivity contribution >= 4 is 27.5 Å². The normalized spacial score (nSPS) is 16.7. The zero-order valence-electron chi connectivity index (χ0n) is 15.5. The van der Waals surface area contributed by atoms with Crippen molar-refractivity contribution in [2.45, 2.75) is 31.3 Å². The van der Waals surface area contributed by atoms with Gasteiger partial charge in [-0.1, -0.05) is 28.1 Å². The van der Waals surface area contributed by atoms with Crippen LogP contribution >= 0.6 is 15.9 Å². The number of aliphatic hydroxyl groups is 1. The number of ketones is 2. The Bertz CT molecular complexity index is 828. The summed E-state index contributed by atoms with van der Waals surface area (Å²) in [6.07, 6.45) is 1.85. The van der Waals surface area contributed by atoms with Gasteiger partial charge >= 0.3 is 0 Å². The molecule has 1 fully saturated rings. The Morgan fingerprint density at radius 2 is 1.57 bits per heavy atom. The van der Waals surface area contributed by atoms with E-state index in [2.05, 4.69) is 20.8 Å². The van der Waals surface area contributed by atoms with Gasteiger partial charge in [0.15, 0.2) is 11.6 Å². The van der Waals surface area contributed by atoms with Crippen molar-refractivity contribution in [3.63, 3.8) is 0 Å². The maximum Gasteiger partial charge on any atom is 0.194 e. The summed E-state index contributed by atoms with van der Waals surface area (Å²) >= 11 is 3.34. The molecule has 0 atom stereocenters. The Morgan fingerprint density at radius 3 is 2.18 bits per heavy atom. The first-order valence-corrected chi connectivity index (χ1v) is 10.2. The molecule has 2 aromatic carbocycles. The number of halogens is 2. The van der Waals surface area contributed by atoms with Crippen LogP contribution in [-0.2, 0) is 0 Å². The van der Waals surface area contributed by atoms with Crippen LogP contribution in [0.4, 0.5) is 4.39 Å². The number of Topliss-reactive ketones (excluding diaryl/α,β-unsaturated/α-hetero) is 2. The molecule has 1 heterocycles. The van der Waals surface area contributed by atoms with E-state index in [1.165, 1.54) is 24.3 Å². The van der Waals surface area contributed by atoms with Gasteiger partial charge in [-0.25, -0.2) is 4.39 Å². The molecule has 2 aromatic rings. The first kappa shape index (κ1) is 20.8. The molecule has 1 N–H and O–H groups in total. The van der Waals surface area contributed by atoms with Gasteiger partial charge in [-0.2, -0.15) is 0 Å². The SMILES string of the molecule is O=C(CCCN1CCC(O)(C(=O)c2ccc(Br)cc2)CC1)c1ccc(F)cc1. The lowest BCUT2D eigenvalue weighted by Crippen LogP contribution is -2.49. The molecule has 0 amide bonds. The lowest BCUT2D eigenvalue weighted by Gasteiger charge is -2.37. The summed E-state index contributed by atoms with van der Waals surface area (Å²) < 4.78 is 13.8. The number of benzene rings is 2. The van der Waals surface area contributed by atoms with Crippen molar-refractivity contribution in [1.82, 2.24) is 4.90 Å². The number of rotatable bonds is 7. The molecule has 1 saturated heterocycles. The predicted molar refractivity (Wildman–Crippen MR) is 109 cm³/mol. The van der Waals surface area contributed by atoms with E-state index in [4.69, 9.17) is 0 Å². The predicted octanol–water partition coefficient (Wildman–Crippen LogP) is 4.26. The smallest absolute Gasteiger partial charge is 0.194 e. The summed E-state index contributed by atoms with van der Waals surface area (Å²) in [5, 5.41) is 10.8. The van der Waals surface area contributed by atoms with Crippen LogP contribution in [0, 0.1) is 5.82 Å². The van der Waals surface area contributed by atoms with Crippen LogP contribution < -0.4 is 0 Å². The minimum atomic E-state index is -1.33. The van der Waals surface area contributed by atoms with E-state index >= 15 is 0 Å². The van der Waals surface area contributed by atoms with Gasteiger partial charge in [0.1, 0.15) is 11.4 Å². The lowest BCUT2D eigenvalue weighted by atomic mass is 9.84. The van der Waals surface area contributed by atoms with E-state index in [1.54, 1.807) is 24.3 Å². The molecule has 0 spiro atoms. The molecule has 0 bridgehead atoms. The van der Waals surface area contributed by atoms with Gasteiger partial charge in [-0.15, -0.1) is 0 Å². The van der Waals surface area contributed by atoms with Gasteiger partial charge in [0.2, 0.25) is 0 Å². The Hall–Kier alpha value is -1.89. The summed E-state index contributed by atoms with van der Waals surface area (Å²) in [6.45, 7) is 1.96. The summed E-state index contributed by atoms with van der Waals surface area (Å²) in [5.41, 5.74) is -0.285. The van der Waals surface area contributed by atoms with Gasteiger partial charge in [-0.3, -0.25) is 9.59 Å². The number of nitrogens with zero attached hydrogens (tertiary/aromatic N) is 1. The van der Waals surface area contributed by atoms with Gasteiger partial charge in [0.25, 0.3) is 0 Å². The second-order valence-electron chi connectivity index (χ2n) is 7.24. The van der Waals surface area contributed by atoms with Crippen LogP contribution in [-0.4, -0.2) is 46.8 Å². The Balaban J connectivity index is 1.46. The summed E-state index contributed by atoms with van der Waals surface area (Å²) in [6, 6.07) is 12.6. The van der Waals surface area contributed by atoms with E-state index in [0.29, 0.717) is 49.9 Å². The van der Waals surface area contributed by atoms with E-state index in [-0.39, 0.29) is 17.4 Å². The summed E-state index contributed by atoms with van der Waals surface area (Å²) in [7, 11) is 0. The van der Waals surface area contributed by atoms with E-state index in [0.717, 1.165) is 11.0 Å².